The molecular formula is C17H36N2O. The summed E-state index contributed by atoms with van der Waals surface area (Å²) in [6, 6.07) is 0. The maximum Gasteiger partial charge on any atom is 0.0638 e. The summed E-state index contributed by atoms with van der Waals surface area (Å²) < 4.78 is 0. The first kappa shape index (κ1) is 17.9. The monoisotopic (exact) mass is 284 g/mol. The second kappa shape index (κ2) is 7.24. The van der Waals surface area contributed by atoms with Crippen LogP contribution < -0.4 is 5.32 Å². The molecule has 1 saturated carbocycles. The van der Waals surface area contributed by atoms with E-state index >= 15 is 0 Å². The minimum atomic E-state index is -0.242. The van der Waals surface area contributed by atoms with Gasteiger partial charge in [0, 0.05) is 25.2 Å². The van der Waals surface area contributed by atoms with Gasteiger partial charge in [0.1, 0.15) is 0 Å². The van der Waals surface area contributed by atoms with Crippen molar-refractivity contribution < 1.29 is 5.11 Å². The molecule has 0 aliphatic heterocycles. The number of nitrogens with one attached hydrogen (secondary N) is 1. The minimum absolute atomic E-state index is 0.177. The van der Waals surface area contributed by atoms with Crippen LogP contribution >= 0.6 is 0 Å². The number of likely N-dealkylation sites (N-methyl/N-ethyl adjacent to an activating group) is 1. The molecule has 3 heteroatoms. The van der Waals surface area contributed by atoms with Crippen molar-refractivity contribution in [3.05, 3.63) is 0 Å². The van der Waals surface area contributed by atoms with Crippen molar-refractivity contribution in [2.75, 3.05) is 26.7 Å². The summed E-state index contributed by atoms with van der Waals surface area (Å²) >= 11 is 0. The van der Waals surface area contributed by atoms with E-state index in [0.29, 0.717) is 5.41 Å². The Balaban J connectivity index is 2.68. The molecule has 3 atom stereocenters. The van der Waals surface area contributed by atoms with Crippen LogP contribution in [-0.4, -0.2) is 48.3 Å². The molecule has 2 N–H and O–H groups in total. The number of hydrogen-bond acceptors (Lipinski definition) is 3. The fraction of sp³-hybridized carbons (Fsp3) is 1.00. The summed E-state index contributed by atoms with van der Waals surface area (Å²) in [6.07, 6.45) is 5.09. The second-order valence-electron chi connectivity index (χ2n) is 8.35. The zero-order valence-corrected chi connectivity index (χ0v) is 14.5. The molecule has 0 heterocycles. The van der Waals surface area contributed by atoms with E-state index in [1.54, 1.807) is 0 Å². The molecule has 0 bridgehead atoms. The van der Waals surface area contributed by atoms with Gasteiger partial charge in [0.15, 0.2) is 0 Å². The molecule has 1 fully saturated rings. The van der Waals surface area contributed by atoms with Crippen LogP contribution in [-0.2, 0) is 0 Å². The summed E-state index contributed by atoms with van der Waals surface area (Å²) in [5.41, 5.74) is 0.547. The van der Waals surface area contributed by atoms with Gasteiger partial charge in [0.25, 0.3) is 0 Å². The molecule has 0 aromatic heterocycles. The summed E-state index contributed by atoms with van der Waals surface area (Å²) in [5, 5.41) is 13.3. The lowest BCUT2D eigenvalue weighted by Crippen LogP contribution is -2.50. The number of nitrogens with zero attached hydrogens (tertiary/aromatic N) is 1. The number of rotatable bonds is 6. The molecule has 1 rings (SSSR count). The van der Waals surface area contributed by atoms with Gasteiger partial charge in [-0.15, -0.1) is 0 Å². The minimum Gasteiger partial charge on any atom is -0.392 e. The molecule has 3 unspecified atom stereocenters. The van der Waals surface area contributed by atoms with Crippen molar-refractivity contribution in [1.82, 2.24) is 10.2 Å². The van der Waals surface area contributed by atoms with Crippen molar-refractivity contribution in [3.8, 4) is 0 Å². The Morgan fingerprint density at radius 2 is 2.05 bits per heavy atom. The van der Waals surface area contributed by atoms with Crippen molar-refractivity contribution in [1.29, 1.82) is 0 Å². The van der Waals surface area contributed by atoms with Crippen LogP contribution in [0, 0.1) is 11.3 Å². The zero-order chi connectivity index (χ0) is 15.4. The van der Waals surface area contributed by atoms with E-state index in [2.05, 4.69) is 45.0 Å². The van der Waals surface area contributed by atoms with Crippen molar-refractivity contribution >= 4 is 0 Å². The number of aliphatic hydroxyl groups is 1. The Kier molecular flexibility index (Phi) is 6.49. The van der Waals surface area contributed by atoms with E-state index in [1.165, 1.54) is 25.7 Å². The van der Waals surface area contributed by atoms with Gasteiger partial charge in [-0.25, -0.2) is 0 Å². The van der Waals surface area contributed by atoms with E-state index in [9.17, 15) is 5.11 Å². The lowest BCUT2D eigenvalue weighted by atomic mass is 9.69. The zero-order valence-electron chi connectivity index (χ0n) is 14.5. The highest BCUT2D eigenvalue weighted by molar-refractivity contribution is 4.91. The highest BCUT2D eigenvalue weighted by Crippen LogP contribution is 2.39. The second-order valence-corrected chi connectivity index (χ2v) is 8.35. The fourth-order valence-corrected chi connectivity index (χ4v) is 3.67. The third kappa shape index (κ3) is 6.55. The van der Waals surface area contributed by atoms with Crippen LogP contribution in [0.4, 0.5) is 0 Å². The van der Waals surface area contributed by atoms with Crippen LogP contribution in [0.1, 0.15) is 60.3 Å². The maximum atomic E-state index is 9.59. The number of aliphatic hydroxyl groups excluding tert-OH is 1. The highest BCUT2D eigenvalue weighted by atomic mass is 16.3. The van der Waals surface area contributed by atoms with E-state index < -0.39 is 0 Å². The quantitative estimate of drug-likeness (QED) is 0.787. The molecule has 120 valence electrons. The SMILES string of the molecule is CC(O)CN(C)CC1(CNC(C)(C)C)CCCC(C)C1. The Labute approximate surface area is 126 Å². The van der Waals surface area contributed by atoms with Gasteiger partial charge in [-0.3, -0.25) is 0 Å². The molecule has 1 aliphatic carbocycles. The van der Waals surface area contributed by atoms with Gasteiger partial charge in [-0.2, -0.15) is 0 Å². The van der Waals surface area contributed by atoms with Crippen LogP contribution in [0.2, 0.25) is 0 Å². The Hall–Kier alpha value is -0.120. The molecule has 0 aromatic carbocycles. The summed E-state index contributed by atoms with van der Waals surface area (Å²) in [5.74, 6) is 0.825. The third-order valence-electron chi connectivity index (χ3n) is 4.36. The standard InChI is InChI=1S/C17H36N2O/c1-14-8-7-9-17(10-14,12-18-16(3,4)5)13-19(6)11-15(2)20/h14-15,18,20H,7-13H2,1-6H3. The molecule has 0 radical (unpaired) electrons. The van der Waals surface area contributed by atoms with E-state index in [4.69, 9.17) is 0 Å². The van der Waals surface area contributed by atoms with Gasteiger partial charge in [0.2, 0.25) is 0 Å². The van der Waals surface area contributed by atoms with Gasteiger partial charge in [-0.05, 0) is 58.9 Å². The lowest BCUT2D eigenvalue weighted by molar-refractivity contribution is 0.0619. The van der Waals surface area contributed by atoms with Gasteiger partial charge < -0.3 is 15.3 Å². The summed E-state index contributed by atoms with van der Waals surface area (Å²) in [6.45, 7) is 13.9. The Morgan fingerprint density at radius 1 is 1.40 bits per heavy atom. The molecule has 3 nitrogen and oxygen atoms in total. The molecule has 0 aromatic rings. The van der Waals surface area contributed by atoms with Gasteiger partial charge >= 0.3 is 0 Å². The van der Waals surface area contributed by atoms with Crippen LogP contribution in [0.3, 0.4) is 0 Å². The topological polar surface area (TPSA) is 35.5 Å². The number of hydrogen-bond donors (Lipinski definition) is 2. The van der Waals surface area contributed by atoms with Crippen molar-refractivity contribution in [2.24, 2.45) is 11.3 Å². The molecule has 20 heavy (non-hydrogen) atoms. The van der Waals surface area contributed by atoms with E-state index in [0.717, 1.165) is 25.6 Å². The largest absolute Gasteiger partial charge is 0.392 e. The average Bonchev–Trinajstić information content (AvgIpc) is 2.24. The third-order valence-corrected chi connectivity index (χ3v) is 4.36. The first-order valence-electron chi connectivity index (χ1n) is 8.24. The highest BCUT2D eigenvalue weighted by Gasteiger charge is 2.36. The Bertz CT molecular complexity index is 285. The lowest BCUT2D eigenvalue weighted by Gasteiger charge is -2.44. The predicted octanol–water partition coefficient (Wildman–Crippen LogP) is 2.88. The first-order chi connectivity index (χ1) is 9.12. The van der Waals surface area contributed by atoms with Crippen molar-refractivity contribution in [3.63, 3.8) is 0 Å². The summed E-state index contributed by atoms with van der Waals surface area (Å²) in [4.78, 5) is 2.31. The van der Waals surface area contributed by atoms with Gasteiger partial charge in [-0.1, -0.05) is 19.8 Å². The molecule has 0 spiro atoms. The molecule has 0 saturated heterocycles. The van der Waals surface area contributed by atoms with Crippen LogP contribution in [0.15, 0.2) is 0 Å². The Morgan fingerprint density at radius 3 is 2.55 bits per heavy atom. The average molecular weight is 284 g/mol. The molecule has 0 amide bonds. The van der Waals surface area contributed by atoms with E-state index in [1.807, 2.05) is 6.92 Å². The predicted molar refractivity (Wildman–Crippen MR) is 87.0 cm³/mol. The summed E-state index contributed by atoms with van der Waals surface area (Å²) in [7, 11) is 2.14. The smallest absolute Gasteiger partial charge is 0.0638 e. The fourth-order valence-electron chi connectivity index (χ4n) is 3.67. The first-order valence-corrected chi connectivity index (χ1v) is 8.24. The van der Waals surface area contributed by atoms with Crippen molar-refractivity contribution in [2.45, 2.75) is 71.9 Å². The van der Waals surface area contributed by atoms with Gasteiger partial charge in [0.05, 0.1) is 6.10 Å². The van der Waals surface area contributed by atoms with Crippen LogP contribution in [0.5, 0.6) is 0 Å². The maximum absolute atomic E-state index is 9.59. The normalized spacial score (nSPS) is 29.7. The van der Waals surface area contributed by atoms with E-state index in [-0.39, 0.29) is 11.6 Å². The van der Waals surface area contributed by atoms with Crippen LogP contribution in [0.25, 0.3) is 0 Å². The molecule has 1 aliphatic rings. The molecular weight excluding hydrogens is 248 g/mol.